The smallest absolute Gasteiger partial charge is 0.205 e. The van der Waals surface area contributed by atoms with E-state index >= 15 is 0 Å². The summed E-state index contributed by atoms with van der Waals surface area (Å²) in [6, 6.07) is 13.6. The van der Waals surface area contributed by atoms with E-state index in [0.29, 0.717) is 47.4 Å². The number of nitrogens with two attached hydrogens (primary N) is 1. The number of hydrogen-bond donors (Lipinski definition) is 1. The Morgan fingerprint density at radius 2 is 1.57 bits per heavy atom. The van der Waals surface area contributed by atoms with Crippen LogP contribution in [0.25, 0.3) is 6.08 Å². The number of rotatable bonds is 6. The molecule has 2 N–H and O–H groups in total. The molecule has 0 aliphatic carbocycles. The van der Waals surface area contributed by atoms with Gasteiger partial charge in [0.1, 0.15) is 17.4 Å². The minimum atomic E-state index is -0.375. The van der Waals surface area contributed by atoms with Gasteiger partial charge in [-0.05, 0) is 54.1 Å². The van der Waals surface area contributed by atoms with Crippen molar-refractivity contribution in [3.63, 3.8) is 0 Å². The van der Waals surface area contributed by atoms with Gasteiger partial charge in [0.2, 0.25) is 5.88 Å². The molecule has 182 valence electrons. The van der Waals surface area contributed by atoms with Gasteiger partial charge in [-0.25, -0.2) is 0 Å². The second kappa shape index (κ2) is 10.0. The molecule has 0 spiro atoms. The maximum absolute atomic E-state index is 9.98. The normalized spacial score (nSPS) is 19.1. The molecule has 1 unspecified atom stereocenters. The van der Waals surface area contributed by atoms with Crippen molar-refractivity contribution in [1.82, 2.24) is 4.90 Å². The zero-order valence-corrected chi connectivity index (χ0v) is 20.5. The monoisotopic (exact) mass is 475 g/mol. The van der Waals surface area contributed by atoms with Crippen molar-refractivity contribution >= 4 is 6.08 Å². The molecule has 0 saturated heterocycles. The van der Waals surface area contributed by atoms with Gasteiger partial charge in [0.05, 0.1) is 34.4 Å². The van der Waals surface area contributed by atoms with E-state index in [2.05, 4.69) is 11.0 Å². The van der Waals surface area contributed by atoms with Gasteiger partial charge in [-0.1, -0.05) is 12.1 Å². The van der Waals surface area contributed by atoms with Gasteiger partial charge >= 0.3 is 0 Å². The Morgan fingerprint density at radius 1 is 0.943 bits per heavy atom. The number of likely N-dealkylation sites (N-methyl/N-ethyl adjacent to an activating group) is 1. The molecule has 2 aliphatic rings. The summed E-state index contributed by atoms with van der Waals surface area (Å²) in [7, 11) is 8.42. The van der Waals surface area contributed by atoms with Crippen LogP contribution in [0.2, 0.25) is 0 Å². The largest absolute Gasteiger partial charge is 0.493 e. The SMILES string of the molecule is COc1ccc(/C=C2/CN(C)CC3=C2OC(N)=C(C#N)C3c2ccc(OC)c(OC)c2)cc1OC. The van der Waals surface area contributed by atoms with E-state index in [1.165, 1.54) is 0 Å². The van der Waals surface area contributed by atoms with Crippen LogP contribution in [0.1, 0.15) is 17.0 Å². The van der Waals surface area contributed by atoms with Crippen LogP contribution in [0, 0.1) is 11.3 Å². The summed E-state index contributed by atoms with van der Waals surface area (Å²) >= 11 is 0. The molecule has 0 saturated carbocycles. The summed E-state index contributed by atoms with van der Waals surface area (Å²) in [6.45, 7) is 1.27. The molecule has 0 fully saturated rings. The zero-order chi connectivity index (χ0) is 25.1. The summed E-state index contributed by atoms with van der Waals surface area (Å²) in [5.41, 5.74) is 10.4. The first-order valence-electron chi connectivity index (χ1n) is 11.1. The van der Waals surface area contributed by atoms with Crippen LogP contribution >= 0.6 is 0 Å². The number of hydrogen-bond acceptors (Lipinski definition) is 8. The number of methoxy groups -OCH3 is 4. The third-order valence-corrected chi connectivity index (χ3v) is 6.19. The van der Waals surface area contributed by atoms with Gasteiger partial charge < -0.3 is 29.4 Å². The summed E-state index contributed by atoms with van der Waals surface area (Å²) < 4.78 is 27.8. The number of nitrogens with zero attached hydrogens (tertiary/aromatic N) is 2. The Hall–Kier alpha value is -4.09. The number of ether oxygens (including phenoxy) is 5. The molecule has 2 heterocycles. The van der Waals surface area contributed by atoms with Gasteiger partial charge in [0.15, 0.2) is 23.0 Å². The van der Waals surface area contributed by atoms with Crippen LogP contribution in [-0.2, 0) is 4.74 Å². The van der Waals surface area contributed by atoms with E-state index in [9.17, 15) is 5.26 Å². The highest BCUT2D eigenvalue weighted by molar-refractivity contribution is 5.65. The molecule has 4 rings (SSSR count). The Kier molecular flexibility index (Phi) is 6.90. The fraction of sp³-hybridized carbons (Fsp3) is 0.296. The van der Waals surface area contributed by atoms with E-state index in [1.807, 2.05) is 49.5 Å². The van der Waals surface area contributed by atoms with Gasteiger partial charge in [-0.2, -0.15) is 5.26 Å². The van der Waals surface area contributed by atoms with Crippen molar-refractivity contribution in [1.29, 1.82) is 5.26 Å². The van der Waals surface area contributed by atoms with Crippen molar-refractivity contribution in [2.45, 2.75) is 5.92 Å². The first-order chi connectivity index (χ1) is 16.9. The molecule has 2 aliphatic heterocycles. The molecule has 0 radical (unpaired) electrons. The minimum Gasteiger partial charge on any atom is -0.493 e. The molecule has 35 heavy (non-hydrogen) atoms. The Morgan fingerprint density at radius 3 is 2.20 bits per heavy atom. The van der Waals surface area contributed by atoms with Crippen molar-refractivity contribution in [3.8, 4) is 29.1 Å². The van der Waals surface area contributed by atoms with Gasteiger partial charge in [0.25, 0.3) is 0 Å². The second-order valence-electron chi connectivity index (χ2n) is 8.35. The van der Waals surface area contributed by atoms with Crippen LogP contribution in [0.4, 0.5) is 0 Å². The number of allylic oxidation sites excluding steroid dienone is 1. The molecule has 2 aromatic carbocycles. The van der Waals surface area contributed by atoms with E-state index in [-0.39, 0.29) is 11.8 Å². The number of benzene rings is 2. The van der Waals surface area contributed by atoms with Crippen LogP contribution < -0.4 is 24.7 Å². The predicted molar refractivity (Wildman–Crippen MR) is 132 cm³/mol. The lowest BCUT2D eigenvalue weighted by Crippen LogP contribution is -2.35. The van der Waals surface area contributed by atoms with Gasteiger partial charge in [-0.15, -0.1) is 0 Å². The number of nitriles is 1. The van der Waals surface area contributed by atoms with Gasteiger partial charge in [0, 0.05) is 18.7 Å². The Bertz CT molecular complexity index is 1270. The lowest BCUT2D eigenvalue weighted by Gasteiger charge is -2.37. The van der Waals surface area contributed by atoms with Crippen molar-refractivity contribution in [2.75, 3.05) is 48.6 Å². The predicted octanol–water partition coefficient (Wildman–Crippen LogP) is 3.81. The maximum Gasteiger partial charge on any atom is 0.205 e. The molecule has 0 bridgehead atoms. The van der Waals surface area contributed by atoms with Crippen LogP contribution in [-0.4, -0.2) is 53.5 Å². The lowest BCUT2D eigenvalue weighted by atomic mass is 9.80. The third kappa shape index (κ3) is 4.51. The van der Waals surface area contributed by atoms with Crippen LogP contribution in [0.3, 0.4) is 0 Å². The highest BCUT2D eigenvalue weighted by Crippen LogP contribution is 2.45. The Labute approximate surface area is 205 Å². The fourth-order valence-corrected chi connectivity index (χ4v) is 4.60. The third-order valence-electron chi connectivity index (χ3n) is 6.19. The second-order valence-corrected chi connectivity index (χ2v) is 8.35. The molecular formula is C27H29N3O5. The van der Waals surface area contributed by atoms with Crippen LogP contribution in [0.15, 0.2) is 64.8 Å². The highest BCUT2D eigenvalue weighted by atomic mass is 16.5. The van der Waals surface area contributed by atoms with E-state index in [0.717, 1.165) is 22.3 Å². The van der Waals surface area contributed by atoms with Crippen molar-refractivity contribution in [3.05, 3.63) is 75.9 Å². The molecule has 0 aromatic heterocycles. The highest BCUT2D eigenvalue weighted by Gasteiger charge is 2.37. The molecule has 8 nitrogen and oxygen atoms in total. The van der Waals surface area contributed by atoms with Crippen LogP contribution in [0.5, 0.6) is 23.0 Å². The summed E-state index contributed by atoms with van der Waals surface area (Å²) in [5, 5.41) is 9.98. The fourth-order valence-electron chi connectivity index (χ4n) is 4.60. The average molecular weight is 476 g/mol. The van der Waals surface area contributed by atoms with Crippen molar-refractivity contribution in [2.24, 2.45) is 5.73 Å². The standard InChI is InChI=1S/C27H29N3O5/c1-30-14-18(10-16-6-8-21(31-2)23(11-16)33-4)26-20(15-30)25(19(13-28)27(29)35-26)17-7-9-22(32-3)24(12-17)34-5/h6-12,25H,14-15,29H2,1-5H3/b18-10-. The van der Waals surface area contributed by atoms with E-state index in [1.54, 1.807) is 28.4 Å². The molecule has 2 aromatic rings. The summed E-state index contributed by atoms with van der Waals surface area (Å²) in [6.07, 6.45) is 2.04. The molecular weight excluding hydrogens is 446 g/mol. The Balaban J connectivity index is 1.85. The first-order valence-corrected chi connectivity index (χ1v) is 11.1. The first kappa shape index (κ1) is 24.0. The lowest BCUT2D eigenvalue weighted by molar-refractivity contribution is 0.251. The van der Waals surface area contributed by atoms with Crippen molar-refractivity contribution < 1.29 is 23.7 Å². The molecule has 8 heteroatoms. The summed E-state index contributed by atoms with van der Waals surface area (Å²) in [5.74, 6) is 2.91. The quantitative estimate of drug-likeness (QED) is 0.673. The minimum absolute atomic E-state index is 0.105. The summed E-state index contributed by atoms with van der Waals surface area (Å²) in [4.78, 5) is 2.18. The average Bonchev–Trinajstić information content (AvgIpc) is 2.87. The molecule has 0 amide bonds. The topological polar surface area (TPSA) is 99.2 Å². The zero-order valence-electron chi connectivity index (χ0n) is 20.5. The van der Waals surface area contributed by atoms with E-state index in [4.69, 9.17) is 29.4 Å². The maximum atomic E-state index is 9.98. The van der Waals surface area contributed by atoms with Gasteiger partial charge in [-0.3, -0.25) is 4.90 Å². The van der Waals surface area contributed by atoms with E-state index < -0.39 is 0 Å². The molecule has 1 atom stereocenters.